The van der Waals surface area contributed by atoms with Crippen molar-refractivity contribution in [3.05, 3.63) is 77.5 Å². The topological polar surface area (TPSA) is 33.1 Å². The Bertz CT molecular complexity index is 958. The Morgan fingerprint density at radius 3 is 2.21 bits per heavy atom. The number of aryl methyl sites for hydroxylation is 1. The van der Waals surface area contributed by atoms with E-state index >= 15 is 0 Å². The minimum Gasteiger partial charge on any atom is -0.380 e. The van der Waals surface area contributed by atoms with Crippen molar-refractivity contribution >= 4 is 10.9 Å². The zero-order valence-electron chi connectivity index (χ0n) is 16.2. The molecule has 0 aliphatic rings. The molecule has 0 aliphatic carbocycles. The number of fused-ring (bicyclic) bond motifs is 1. The molecule has 148 valence electrons. The lowest BCUT2D eigenvalue weighted by atomic mass is 9.73. The van der Waals surface area contributed by atoms with Crippen LogP contribution in [0.2, 0.25) is 0 Å². The summed E-state index contributed by atoms with van der Waals surface area (Å²) in [6, 6.07) is 16.0. The van der Waals surface area contributed by atoms with Crippen molar-refractivity contribution in [2.75, 3.05) is 0 Å². The van der Waals surface area contributed by atoms with Crippen LogP contribution >= 0.6 is 0 Å². The van der Waals surface area contributed by atoms with Gasteiger partial charge in [0, 0.05) is 18.0 Å². The molecule has 2 aromatic carbocycles. The smallest absolute Gasteiger partial charge is 0.380 e. The molecule has 0 fully saturated rings. The van der Waals surface area contributed by atoms with Crippen LogP contribution < -0.4 is 0 Å². The zero-order valence-corrected chi connectivity index (χ0v) is 16.2. The van der Waals surface area contributed by atoms with Gasteiger partial charge in [-0.1, -0.05) is 61.9 Å². The van der Waals surface area contributed by atoms with Gasteiger partial charge in [-0.25, -0.2) is 0 Å². The largest absolute Gasteiger partial charge is 0.417 e. The highest BCUT2D eigenvalue weighted by Crippen LogP contribution is 2.43. The van der Waals surface area contributed by atoms with E-state index in [0.717, 1.165) is 11.1 Å². The first kappa shape index (κ1) is 20.3. The number of benzene rings is 2. The molecular formula is C23H24F3NO. The van der Waals surface area contributed by atoms with Crippen molar-refractivity contribution in [1.29, 1.82) is 0 Å². The monoisotopic (exact) mass is 387 g/mol. The summed E-state index contributed by atoms with van der Waals surface area (Å²) in [4.78, 5) is 4.20. The van der Waals surface area contributed by atoms with E-state index in [-0.39, 0.29) is 0 Å². The fraction of sp³-hybridized carbons (Fsp3) is 0.348. The van der Waals surface area contributed by atoms with Crippen molar-refractivity contribution in [3.63, 3.8) is 0 Å². The Morgan fingerprint density at radius 2 is 1.57 bits per heavy atom. The fourth-order valence-corrected chi connectivity index (χ4v) is 3.73. The minimum atomic E-state index is -4.76. The van der Waals surface area contributed by atoms with Gasteiger partial charge in [0.15, 0.2) is 5.60 Å². The third-order valence-corrected chi connectivity index (χ3v) is 5.32. The van der Waals surface area contributed by atoms with E-state index < -0.39 is 30.0 Å². The predicted octanol–water partition coefficient (Wildman–Crippen LogP) is 5.75. The summed E-state index contributed by atoms with van der Waals surface area (Å²) < 4.78 is 42.1. The van der Waals surface area contributed by atoms with Crippen molar-refractivity contribution in [2.45, 2.75) is 50.8 Å². The molecule has 0 radical (unpaired) electrons. The van der Waals surface area contributed by atoms with Crippen LogP contribution in [0.25, 0.3) is 10.9 Å². The van der Waals surface area contributed by atoms with Crippen LogP contribution in [0.4, 0.5) is 13.2 Å². The second-order valence-electron chi connectivity index (χ2n) is 8.12. The molecule has 1 atom stereocenters. The Morgan fingerprint density at radius 1 is 0.929 bits per heavy atom. The number of pyridine rings is 1. The maximum absolute atomic E-state index is 14.0. The van der Waals surface area contributed by atoms with Crippen LogP contribution in [0.5, 0.6) is 0 Å². The van der Waals surface area contributed by atoms with Gasteiger partial charge in [-0.3, -0.25) is 4.98 Å². The molecule has 1 unspecified atom stereocenters. The Hall–Kier alpha value is -2.40. The van der Waals surface area contributed by atoms with E-state index in [1.807, 2.05) is 31.2 Å². The van der Waals surface area contributed by atoms with E-state index in [1.54, 1.807) is 44.2 Å². The van der Waals surface area contributed by atoms with Gasteiger partial charge >= 0.3 is 6.18 Å². The molecule has 0 bridgehead atoms. The summed E-state index contributed by atoms with van der Waals surface area (Å²) in [5.41, 5.74) is -0.867. The van der Waals surface area contributed by atoms with Gasteiger partial charge in [0.25, 0.3) is 0 Å². The van der Waals surface area contributed by atoms with E-state index in [0.29, 0.717) is 16.5 Å². The van der Waals surface area contributed by atoms with Crippen LogP contribution in [-0.2, 0) is 11.8 Å². The maximum atomic E-state index is 14.0. The molecule has 5 heteroatoms. The van der Waals surface area contributed by atoms with Gasteiger partial charge in [0.05, 0.1) is 5.52 Å². The average Bonchev–Trinajstić information content (AvgIpc) is 2.61. The third-order valence-electron chi connectivity index (χ3n) is 5.32. The standard InChI is InChI=1S/C23H24F3NO/c1-16-8-10-18(11-9-16)21(2,3)15-22(28,23(24,25)26)14-17-12-13-27-20-7-5-4-6-19(17)20/h4-13,28H,14-15H2,1-3H3. The van der Waals surface area contributed by atoms with Crippen LogP contribution in [0, 0.1) is 6.92 Å². The van der Waals surface area contributed by atoms with Crippen molar-refractivity contribution < 1.29 is 18.3 Å². The number of halogens is 3. The van der Waals surface area contributed by atoms with Gasteiger partial charge < -0.3 is 5.11 Å². The Balaban J connectivity index is 2.00. The molecule has 1 aromatic heterocycles. The molecule has 0 saturated heterocycles. The molecule has 0 amide bonds. The lowest BCUT2D eigenvalue weighted by Crippen LogP contribution is -2.50. The van der Waals surface area contributed by atoms with Gasteiger partial charge in [-0.2, -0.15) is 13.2 Å². The number of nitrogens with zero attached hydrogens (tertiary/aromatic N) is 1. The molecule has 28 heavy (non-hydrogen) atoms. The SMILES string of the molecule is Cc1ccc(C(C)(C)CC(O)(Cc2ccnc3ccccc23)C(F)(F)F)cc1. The summed E-state index contributed by atoms with van der Waals surface area (Å²) in [5, 5.41) is 11.5. The molecule has 2 nitrogen and oxygen atoms in total. The number of aromatic nitrogens is 1. The van der Waals surface area contributed by atoms with E-state index in [9.17, 15) is 18.3 Å². The molecule has 3 aromatic rings. The number of alkyl halides is 3. The van der Waals surface area contributed by atoms with Gasteiger partial charge in [-0.05, 0) is 42.0 Å². The summed E-state index contributed by atoms with van der Waals surface area (Å²) in [7, 11) is 0. The first-order chi connectivity index (χ1) is 13.0. The van der Waals surface area contributed by atoms with Crippen LogP contribution in [0.1, 0.15) is 37.0 Å². The molecule has 1 N–H and O–H groups in total. The summed E-state index contributed by atoms with van der Waals surface area (Å²) in [6.45, 7) is 5.40. The third kappa shape index (κ3) is 4.04. The van der Waals surface area contributed by atoms with Gasteiger partial charge in [0.2, 0.25) is 0 Å². The highest BCUT2D eigenvalue weighted by molar-refractivity contribution is 5.81. The zero-order chi connectivity index (χ0) is 20.6. The molecule has 0 saturated carbocycles. The number of rotatable bonds is 5. The summed E-state index contributed by atoms with van der Waals surface area (Å²) >= 11 is 0. The highest BCUT2D eigenvalue weighted by atomic mass is 19.4. The van der Waals surface area contributed by atoms with E-state index in [4.69, 9.17) is 0 Å². The first-order valence-corrected chi connectivity index (χ1v) is 9.21. The van der Waals surface area contributed by atoms with Crippen molar-refractivity contribution in [2.24, 2.45) is 0 Å². The quantitative estimate of drug-likeness (QED) is 0.605. The minimum absolute atomic E-state index is 0.435. The first-order valence-electron chi connectivity index (χ1n) is 9.21. The average molecular weight is 387 g/mol. The fourth-order valence-electron chi connectivity index (χ4n) is 3.73. The lowest BCUT2D eigenvalue weighted by Gasteiger charge is -2.38. The maximum Gasteiger partial charge on any atom is 0.417 e. The second-order valence-corrected chi connectivity index (χ2v) is 8.12. The molecule has 0 aliphatic heterocycles. The second kappa shape index (κ2) is 7.21. The number of para-hydroxylation sites is 1. The molecule has 3 rings (SSSR count). The molecule has 0 spiro atoms. The van der Waals surface area contributed by atoms with Gasteiger partial charge in [-0.15, -0.1) is 0 Å². The summed E-state index contributed by atoms with van der Waals surface area (Å²) in [6.07, 6.45) is -4.24. The predicted molar refractivity (Wildman–Crippen MR) is 105 cm³/mol. The van der Waals surface area contributed by atoms with E-state index in [1.165, 1.54) is 6.20 Å². The van der Waals surface area contributed by atoms with Crippen LogP contribution in [0.15, 0.2) is 60.8 Å². The highest BCUT2D eigenvalue weighted by Gasteiger charge is 2.55. The number of hydrogen-bond donors (Lipinski definition) is 1. The number of aliphatic hydroxyl groups is 1. The Kier molecular flexibility index (Phi) is 5.24. The van der Waals surface area contributed by atoms with Crippen molar-refractivity contribution in [1.82, 2.24) is 4.98 Å². The van der Waals surface area contributed by atoms with Crippen LogP contribution in [-0.4, -0.2) is 21.9 Å². The van der Waals surface area contributed by atoms with E-state index in [2.05, 4.69) is 4.98 Å². The molecular weight excluding hydrogens is 363 g/mol. The van der Waals surface area contributed by atoms with Crippen LogP contribution in [0.3, 0.4) is 0 Å². The normalized spacial score (nSPS) is 14.8. The number of hydrogen-bond acceptors (Lipinski definition) is 2. The molecule has 1 heterocycles. The lowest BCUT2D eigenvalue weighted by molar-refractivity contribution is -0.266. The van der Waals surface area contributed by atoms with Crippen molar-refractivity contribution in [3.8, 4) is 0 Å². The Labute approximate surface area is 163 Å². The van der Waals surface area contributed by atoms with Gasteiger partial charge in [0.1, 0.15) is 0 Å². The summed E-state index contributed by atoms with van der Waals surface area (Å²) in [5.74, 6) is 0.